The fourth-order valence-corrected chi connectivity index (χ4v) is 4.52. The van der Waals surface area contributed by atoms with E-state index in [1.54, 1.807) is 7.11 Å². The highest BCUT2D eigenvalue weighted by molar-refractivity contribution is 5.85. The van der Waals surface area contributed by atoms with Crippen LogP contribution in [0.3, 0.4) is 0 Å². The number of nitrogens with one attached hydrogen (secondary N) is 1. The van der Waals surface area contributed by atoms with Crippen molar-refractivity contribution in [1.29, 1.82) is 0 Å². The van der Waals surface area contributed by atoms with Gasteiger partial charge >= 0.3 is 0 Å². The third kappa shape index (κ3) is 3.32. The zero-order chi connectivity index (χ0) is 17.3. The summed E-state index contributed by atoms with van der Waals surface area (Å²) in [6, 6.07) is 6.25. The van der Waals surface area contributed by atoms with Gasteiger partial charge in [0, 0.05) is 23.0 Å². The molecule has 1 aromatic heterocycles. The van der Waals surface area contributed by atoms with Crippen molar-refractivity contribution in [3.8, 4) is 5.75 Å². The third-order valence-corrected chi connectivity index (χ3v) is 6.14. The number of rotatable bonds is 4. The molecule has 1 aromatic carbocycles. The number of aromatic amines is 1. The number of aromatic nitrogens is 1. The highest BCUT2D eigenvalue weighted by Crippen LogP contribution is 2.45. The van der Waals surface area contributed by atoms with Gasteiger partial charge in [-0.05, 0) is 73.2 Å². The van der Waals surface area contributed by atoms with E-state index in [4.69, 9.17) is 10.5 Å². The number of ether oxygens (including phenoxy) is 1. The van der Waals surface area contributed by atoms with Crippen LogP contribution in [-0.4, -0.2) is 18.6 Å². The number of hydrogen-bond donors (Lipinski definition) is 2. The van der Waals surface area contributed by atoms with Crippen LogP contribution in [0.5, 0.6) is 5.75 Å². The average molecular weight is 329 g/mol. The van der Waals surface area contributed by atoms with E-state index < -0.39 is 0 Å². The molecule has 2 aromatic rings. The monoisotopic (exact) mass is 328 g/mol. The van der Waals surface area contributed by atoms with Gasteiger partial charge in [0.05, 0.1) is 7.11 Å². The van der Waals surface area contributed by atoms with Gasteiger partial charge in [-0.2, -0.15) is 0 Å². The molecular weight excluding hydrogens is 296 g/mol. The molecule has 0 amide bonds. The van der Waals surface area contributed by atoms with Crippen molar-refractivity contribution >= 4 is 10.9 Å². The number of H-pyrrole nitrogens is 1. The molecule has 3 N–H and O–H groups in total. The molecule has 0 bridgehead atoms. The second kappa shape index (κ2) is 6.79. The van der Waals surface area contributed by atoms with Gasteiger partial charge in [-0.1, -0.05) is 20.8 Å². The Kier molecular flexibility index (Phi) is 4.91. The van der Waals surface area contributed by atoms with Gasteiger partial charge in [-0.3, -0.25) is 0 Å². The summed E-state index contributed by atoms with van der Waals surface area (Å²) in [6.07, 6.45) is 7.41. The average Bonchev–Trinajstić information content (AvgIpc) is 2.98. The van der Waals surface area contributed by atoms with Crippen LogP contribution in [-0.2, 0) is 0 Å². The maximum atomic E-state index is 6.23. The Labute approximate surface area is 146 Å². The van der Waals surface area contributed by atoms with Crippen LogP contribution >= 0.6 is 0 Å². The summed E-state index contributed by atoms with van der Waals surface area (Å²) in [5.74, 6) is 2.89. The SMILES string of the molecule is COc1ccc2[nH]cc(C(CN)C3CCC(C(C)(C)C)CC3)c2c1. The number of hydrogen-bond acceptors (Lipinski definition) is 2. The maximum Gasteiger partial charge on any atom is 0.119 e. The summed E-state index contributed by atoms with van der Waals surface area (Å²) < 4.78 is 5.41. The molecule has 132 valence electrons. The van der Waals surface area contributed by atoms with Crippen molar-refractivity contribution in [2.45, 2.75) is 52.4 Å². The molecule has 1 atom stereocenters. The van der Waals surface area contributed by atoms with Gasteiger partial charge in [0.2, 0.25) is 0 Å². The van der Waals surface area contributed by atoms with Crippen LogP contribution in [0.15, 0.2) is 24.4 Å². The molecule has 1 saturated carbocycles. The lowest BCUT2D eigenvalue weighted by Gasteiger charge is -2.39. The Hall–Kier alpha value is -1.48. The fourth-order valence-electron chi connectivity index (χ4n) is 4.52. The number of nitrogens with two attached hydrogens (primary N) is 1. The number of methoxy groups -OCH3 is 1. The van der Waals surface area contributed by atoms with E-state index in [0.29, 0.717) is 17.3 Å². The summed E-state index contributed by atoms with van der Waals surface area (Å²) >= 11 is 0. The van der Waals surface area contributed by atoms with Gasteiger partial charge in [0.25, 0.3) is 0 Å². The van der Waals surface area contributed by atoms with Crippen molar-refractivity contribution in [2.75, 3.05) is 13.7 Å². The lowest BCUT2D eigenvalue weighted by Crippen LogP contribution is -2.30. The zero-order valence-electron chi connectivity index (χ0n) is 15.6. The first-order valence-corrected chi connectivity index (χ1v) is 9.29. The van der Waals surface area contributed by atoms with E-state index in [1.165, 1.54) is 42.1 Å². The quantitative estimate of drug-likeness (QED) is 0.823. The van der Waals surface area contributed by atoms with Gasteiger partial charge in [-0.25, -0.2) is 0 Å². The first kappa shape index (κ1) is 17.3. The van der Waals surface area contributed by atoms with Crippen LogP contribution in [0.25, 0.3) is 10.9 Å². The van der Waals surface area contributed by atoms with E-state index in [9.17, 15) is 0 Å². The van der Waals surface area contributed by atoms with Crippen molar-refractivity contribution in [1.82, 2.24) is 4.98 Å². The van der Waals surface area contributed by atoms with Crippen LogP contribution < -0.4 is 10.5 Å². The molecule has 1 unspecified atom stereocenters. The Balaban J connectivity index is 1.82. The van der Waals surface area contributed by atoms with Crippen LogP contribution in [0.1, 0.15) is 57.9 Å². The summed E-state index contributed by atoms with van der Waals surface area (Å²) in [5, 5.41) is 1.27. The van der Waals surface area contributed by atoms with Crippen LogP contribution in [0, 0.1) is 17.3 Å². The first-order valence-electron chi connectivity index (χ1n) is 9.29. The molecule has 1 aliphatic rings. The largest absolute Gasteiger partial charge is 0.497 e. The molecule has 0 aliphatic heterocycles. The molecule has 0 saturated heterocycles. The Bertz CT molecular complexity index is 675. The minimum atomic E-state index is 0.428. The van der Waals surface area contributed by atoms with Gasteiger partial charge in [-0.15, -0.1) is 0 Å². The van der Waals surface area contributed by atoms with Crippen molar-refractivity contribution in [3.05, 3.63) is 30.0 Å². The molecule has 0 spiro atoms. The second-order valence-electron chi connectivity index (χ2n) is 8.48. The van der Waals surface area contributed by atoms with E-state index in [0.717, 1.165) is 18.2 Å². The molecular formula is C21H32N2O. The fraction of sp³-hybridized carbons (Fsp3) is 0.619. The molecule has 3 heteroatoms. The predicted octanol–water partition coefficient (Wildman–Crippen LogP) is 5.07. The standard InChI is InChI=1S/C21H32N2O/c1-21(2,3)15-7-5-14(6-8-15)18(12-22)19-13-23-20-10-9-16(24-4)11-17(19)20/h9-11,13-15,18,23H,5-8,12,22H2,1-4H3. The molecule has 1 heterocycles. The summed E-state index contributed by atoms with van der Waals surface area (Å²) in [4.78, 5) is 3.42. The zero-order valence-corrected chi connectivity index (χ0v) is 15.6. The lowest BCUT2D eigenvalue weighted by atomic mass is 9.66. The highest BCUT2D eigenvalue weighted by atomic mass is 16.5. The van der Waals surface area contributed by atoms with Gasteiger partial charge < -0.3 is 15.5 Å². The molecule has 1 aliphatic carbocycles. The normalized spacial score (nSPS) is 23.4. The van der Waals surface area contributed by atoms with Crippen LogP contribution in [0.4, 0.5) is 0 Å². The van der Waals surface area contributed by atoms with E-state index in [1.807, 2.05) is 6.07 Å². The number of benzene rings is 1. The Morgan fingerprint density at radius 1 is 1.21 bits per heavy atom. The Morgan fingerprint density at radius 2 is 1.92 bits per heavy atom. The summed E-state index contributed by atoms with van der Waals surface area (Å²) in [7, 11) is 1.72. The van der Waals surface area contributed by atoms with Crippen LogP contribution in [0.2, 0.25) is 0 Å². The smallest absolute Gasteiger partial charge is 0.119 e. The topological polar surface area (TPSA) is 51.0 Å². The summed E-state index contributed by atoms with van der Waals surface area (Å²) in [6.45, 7) is 7.86. The van der Waals surface area contributed by atoms with E-state index in [2.05, 4.69) is 44.1 Å². The van der Waals surface area contributed by atoms with E-state index >= 15 is 0 Å². The highest BCUT2D eigenvalue weighted by Gasteiger charge is 2.33. The minimum absolute atomic E-state index is 0.428. The molecule has 1 fully saturated rings. The second-order valence-corrected chi connectivity index (χ2v) is 8.48. The maximum absolute atomic E-state index is 6.23. The summed E-state index contributed by atoms with van der Waals surface area (Å²) in [5.41, 5.74) is 9.20. The van der Waals surface area contributed by atoms with Crippen molar-refractivity contribution in [2.24, 2.45) is 23.0 Å². The molecule has 3 rings (SSSR count). The predicted molar refractivity (Wildman–Crippen MR) is 102 cm³/mol. The molecule has 3 nitrogen and oxygen atoms in total. The third-order valence-electron chi connectivity index (χ3n) is 6.14. The first-order chi connectivity index (χ1) is 11.4. The van der Waals surface area contributed by atoms with Crippen molar-refractivity contribution < 1.29 is 4.74 Å². The van der Waals surface area contributed by atoms with Gasteiger partial charge in [0.15, 0.2) is 0 Å². The minimum Gasteiger partial charge on any atom is -0.497 e. The Morgan fingerprint density at radius 3 is 2.50 bits per heavy atom. The molecule has 0 radical (unpaired) electrons. The van der Waals surface area contributed by atoms with E-state index in [-0.39, 0.29) is 0 Å². The molecule has 24 heavy (non-hydrogen) atoms. The van der Waals surface area contributed by atoms with Gasteiger partial charge in [0.1, 0.15) is 5.75 Å². The van der Waals surface area contributed by atoms with Crippen molar-refractivity contribution in [3.63, 3.8) is 0 Å². The lowest BCUT2D eigenvalue weighted by molar-refractivity contribution is 0.140. The number of fused-ring (bicyclic) bond motifs is 1.